The largest absolute Gasteiger partial charge is 0.456 e. The van der Waals surface area contributed by atoms with E-state index in [1.54, 1.807) is 12.4 Å². The Kier molecular flexibility index (Phi) is 3.82. The van der Waals surface area contributed by atoms with Crippen molar-refractivity contribution in [3.8, 4) is 11.5 Å². The van der Waals surface area contributed by atoms with E-state index in [0.717, 1.165) is 17.2 Å². The summed E-state index contributed by atoms with van der Waals surface area (Å²) in [6, 6.07) is 10.1. The van der Waals surface area contributed by atoms with E-state index in [0.29, 0.717) is 5.92 Å². The van der Waals surface area contributed by atoms with Gasteiger partial charge in [0.15, 0.2) is 0 Å². The molecular weight excluding hydrogens is 224 g/mol. The van der Waals surface area contributed by atoms with E-state index in [1.807, 2.05) is 25.2 Å². The second-order valence-corrected chi connectivity index (χ2v) is 4.49. The summed E-state index contributed by atoms with van der Waals surface area (Å²) in [4.78, 5) is 4.12. The first-order valence-electron chi connectivity index (χ1n) is 6.09. The van der Waals surface area contributed by atoms with Gasteiger partial charge in [0, 0.05) is 13.1 Å². The van der Waals surface area contributed by atoms with Gasteiger partial charge in [0.2, 0.25) is 0 Å². The van der Waals surface area contributed by atoms with Crippen molar-refractivity contribution in [1.82, 2.24) is 4.98 Å². The Bertz CT molecular complexity index is 523. The molecular formula is C15H18N2O. The maximum Gasteiger partial charge on any atom is 0.147 e. The smallest absolute Gasteiger partial charge is 0.147 e. The number of aromatic nitrogens is 1. The van der Waals surface area contributed by atoms with Crippen LogP contribution in [0.1, 0.15) is 25.3 Å². The van der Waals surface area contributed by atoms with E-state index in [4.69, 9.17) is 4.74 Å². The van der Waals surface area contributed by atoms with Crippen molar-refractivity contribution in [2.24, 2.45) is 0 Å². The number of rotatable bonds is 4. The molecule has 1 aromatic heterocycles. The van der Waals surface area contributed by atoms with E-state index in [1.165, 1.54) is 5.56 Å². The van der Waals surface area contributed by atoms with Crippen LogP contribution in [0.3, 0.4) is 0 Å². The summed E-state index contributed by atoms with van der Waals surface area (Å²) in [6.07, 6.45) is 3.47. The third-order valence-corrected chi connectivity index (χ3v) is 2.76. The first-order valence-corrected chi connectivity index (χ1v) is 6.09. The quantitative estimate of drug-likeness (QED) is 0.878. The number of anilines is 1. The van der Waals surface area contributed by atoms with Crippen molar-refractivity contribution in [3.63, 3.8) is 0 Å². The molecule has 0 aliphatic heterocycles. The van der Waals surface area contributed by atoms with Crippen molar-refractivity contribution in [1.29, 1.82) is 0 Å². The molecule has 0 radical (unpaired) electrons. The maximum absolute atomic E-state index is 5.81. The molecule has 1 N–H and O–H groups in total. The molecule has 1 aromatic carbocycles. The van der Waals surface area contributed by atoms with Crippen LogP contribution in [0.4, 0.5) is 5.69 Å². The Hall–Kier alpha value is -2.03. The molecule has 0 aliphatic rings. The normalized spacial score (nSPS) is 10.4. The first-order chi connectivity index (χ1) is 8.69. The standard InChI is InChI=1S/C15H18N2O/c1-11(2)12-5-4-6-14(7-12)18-15-8-13(16-3)9-17-10-15/h4-11,16H,1-3H3. The Morgan fingerprint density at radius 3 is 2.67 bits per heavy atom. The maximum atomic E-state index is 5.81. The topological polar surface area (TPSA) is 34.2 Å². The zero-order valence-electron chi connectivity index (χ0n) is 11.0. The summed E-state index contributed by atoms with van der Waals surface area (Å²) in [6.45, 7) is 4.34. The summed E-state index contributed by atoms with van der Waals surface area (Å²) < 4.78 is 5.81. The van der Waals surface area contributed by atoms with Gasteiger partial charge in [-0.1, -0.05) is 26.0 Å². The summed E-state index contributed by atoms with van der Waals surface area (Å²) in [5.74, 6) is 2.08. The molecule has 0 atom stereocenters. The van der Waals surface area contributed by atoms with E-state index in [-0.39, 0.29) is 0 Å². The first kappa shape index (κ1) is 12.4. The zero-order valence-corrected chi connectivity index (χ0v) is 11.0. The van der Waals surface area contributed by atoms with E-state index < -0.39 is 0 Å². The highest BCUT2D eigenvalue weighted by Gasteiger charge is 2.03. The highest BCUT2D eigenvalue weighted by atomic mass is 16.5. The molecule has 0 aliphatic carbocycles. The molecule has 1 heterocycles. The summed E-state index contributed by atoms with van der Waals surface area (Å²) in [7, 11) is 1.86. The van der Waals surface area contributed by atoms with Crippen molar-refractivity contribution < 1.29 is 4.74 Å². The number of nitrogens with zero attached hydrogens (tertiary/aromatic N) is 1. The predicted molar refractivity (Wildman–Crippen MR) is 74.4 cm³/mol. The van der Waals surface area contributed by atoms with Gasteiger partial charge in [0.05, 0.1) is 18.1 Å². The molecule has 2 rings (SSSR count). The summed E-state index contributed by atoms with van der Waals surface area (Å²) in [5.41, 5.74) is 2.21. The van der Waals surface area contributed by atoms with Crippen LogP contribution in [-0.4, -0.2) is 12.0 Å². The Morgan fingerprint density at radius 1 is 1.11 bits per heavy atom. The van der Waals surface area contributed by atoms with Gasteiger partial charge in [-0.05, 0) is 23.6 Å². The van der Waals surface area contributed by atoms with Crippen LogP contribution in [-0.2, 0) is 0 Å². The Morgan fingerprint density at radius 2 is 1.94 bits per heavy atom. The van der Waals surface area contributed by atoms with Crippen LogP contribution in [0, 0.1) is 0 Å². The van der Waals surface area contributed by atoms with Crippen LogP contribution < -0.4 is 10.1 Å². The van der Waals surface area contributed by atoms with E-state index in [9.17, 15) is 0 Å². The lowest BCUT2D eigenvalue weighted by molar-refractivity contribution is 0.479. The van der Waals surface area contributed by atoms with E-state index in [2.05, 4.69) is 36.3 Å². The molecule has 3 nitrogen and oxygen atoms in total. The number of ether oxygens (including phenoxy) is 1. The SMILES string of the molecule is CNc1cncc(Oc2cccc(C(C)C)c2)c1. The molecule has 0 saturated carbocycles. The fourth-order valence-electron chi connectivity index (χ4n) is 1.68. The number of nitrogens with one attached hydrogen (secondary N) is 1. The van der Waals surface area contributed by atoms with Gasteiger partial charge in [-0.25, -0.2) is 0 Å². The molecule has 0 bridgehead atoms. The van der Waals surface area contributed by atoms with Crippen molar-refractivity contribution in [2.75, 3.05) is 12.4 Å². The van der Waals surface area contributed by atoms with Crippen molar-refractivity contribution in [3.05, 3.63) is 48.3 Å². The predicted octanol–water partition coefficient (Wildman–Crippen LogP) is 4.04. The van der Waals surface area contributed by atoms with Gasteiger partial charge in [-0.3, -0.25) is 4.98 Å². The Balaban J connectivity index is 2.20. The summed E-state index contributed by atoms with van der Waals surface area (Å²) in [5, 5.41) is 3.04. The van der Waals surface area contributed by atoms with Gasteiger partial charge in [-0.2, -0.15) is 0 Å². The lowest BCUT2D eigenvalue weighted by atomic mass is 10.0. The number of benzene rings is 1. The van der Waals surface area contributed by atoms with Gasteiger partial charge >= 0.3 is 0 Å². The molecule has 2 aromatic rings. The molecule has 0 spiro atoms. The number of pyridine rings is 1. The van der Waals surface area contributed by atoms with Crippen molar-refractivity contribution >= 4 is 5.69 Å². The van der Waals surface area contributed by atoms with Crippen LogP contribution in [0.25, 0.3) is 0 Å². The molecule has 0 fully saturated rings. The summed E-state index contributed by atoms with van der Waals surface area (Å²) >= 11 is 0. The second-order valence-electron chi connectivity index (χ2n) is 4.49. The fourth-order valence-corrected chi connectivity index (χ4v) is 1.68. The monoisotopic (exact) mass is 242 g/mol. The third kappa shape index (κ3) is 3.00. The fraction of sp³-hybridized carbons (Fsp3) is 0.267. The van der Waals surface area contributed by atoms with Gasteiger partial charge in [0.1, 0.15) is 11.5 Å². The highest BCUT2D eigenvalue weighted by Crippen LogP contribution is 2.25. The molecule has 0 unspecified atom stereocenters. The zero-order chi connectivity index (χ0) is 13.0. The lowest BCUT2D eigenvalue weighted by Gasteiger charge is -2.10. The van der Waals surface area contributed by atoms with E-state index >= 15 is 0 Å². The second kappa shape index (κ2) is 5.54. The number of hydrogen-bond donors (Lipinski definition) is 1. The average molecular weight is 242 g/mol. The van der Waals surface area contributed by atoms with Crippen LogP contribution >= 0.6 is 0 Å². The number of hydrogen-bond acceptors (Lipinski definition) is 3. The van der Waals surface area contributed by atoms with Crippen LogP contribution in [0.15, 0.2) is 42.7 Å². The minimum absolute atomic E-state index is 0.496. The van der Waals surface area contributed by atoms with Gasteiger partial charge < -0.3 is 10.1 Å². The lowest BCUT2D eigenvalue weighted by Crippen LogP contribution is -1.92. The molecule has 18 heavy (non-hydrogen) atoms. The molecule has 0 amide bonds. The third-order valence-electron chi connectivity index (χ3n) is 2.76. The molecule has 3 heteroatoms. The Labute approximate surface area is 108 Å². The molecule has 0 saturated heterocycles. The van der Waals surface area contributed by atoms with Crippen molar-refractivity contribution in [2.45, 2.75) is 19.8 Å². The van der Waals surface area contributed by atoms with Gasteiger partial charge in [-0.15, -0.1) is 0 Å². The average Bonchev–Trinajstić information content (AvgIpc) is 2.39. The van der Waals surface area contributed by atoms with Crippen LogP contribution in [0.2, 0.25) is 0 Å². The van der Waals surface area contributed by atoms with Crippen LogP contribution in [0.5, 0.6) is 11.5 Å². The minimum Gasteiger partial charge on any atom is -0.456 e. The minimum atomic E-state index is 0.496. The molecule has 94 valence electrons. The van der Waals surface area contributed by atoms with Gasteiger partial charge in [0.25, 0.3) is 0 Å². The highest BCUT2D eigenvalue weighted by molar-refractivity contribution is 5.45.